The minimum Gasteiger partial charge on any atom is -0.491 e. The Bertz CT molecular complexity index is 901. The van der Waals surface area contributed by atoms with Gasteiger partial charge in [0.1, 0.15) is 5.65 Å². The number of aromatic nitrogens is 2. The van der Waals surface area contributed by atoms with E-state index in [-0.39, 0.29) is 23.1 Å². The molecule has 3 aromatic rings. The van der Waals surface area contributed by atoms with Gasteiger partial charge < -0.3 is 5.11 Å². The number of nitro groups is 1. The number of nitro benzene ring substituents is 1. The summed E-state index contributed by atoms with van der Waals surface area (Å²) in [5, 5.41) is 28.6. The van der Waals surface area contributed by atoms with Gasteiger partial charge in [0.25, 0.3) is 11.6 Å². The first kappa shape index (κ1) is 13.7. The number of hydrogen-bond donors (Lipinski definition) is 1. The average Bonchev–Trinajstić information content (AvgIpc) is 2.82. The van der Waals surface area contributed by atoms with Gasteiger partial charge >= 0.3 is 0 Å². The van der Waals surface area contributed by atoms with E-state index in [1.165, 1.54) is 12.1 Å². The van der Waals surface area contributed by atoms with Gasteiger partial charge in [0.2, 0.25) is 5.82 Å². The van der Waals surface area contributed by atoms with Crippen LogP contribution in [0.2, 0.25) is 0 Å². The first-order valence-corrected chi connectivity index (χ1v) is 6.39. The second kappa shape index (κ2) is 5.24. The van der Waals surface area contributed by atoms with Gasteiger partial charge in [-0.1, -0.05) is 18.2 Å². The van der Waals surface area contributed by atoms with Crippen molar-refractivity contribution in [3.05, 3.63) is 58.3 Å². The third kappa shape index (κ3) is 2.26. The number of hydrogen-bond acceptors (Lipinski definition) is 6. The van der Waals surface area contributed by atoms with E-state index in [0.29, 0.717) is 5.65 Å². The van der Waals surface area contributed by atoms with Gasteiger partial charge in [-0.3, -0.25) is 14.5 Å². The Balaban J connectivity index is 2.09. The zero-order valence-corrected chi connectivity index (χ0v) is 11.5. The SMILES string of the molecule is Cc1cccn2c(N=Nc3ccccc3[N+](=O)[O-])c(O)nc12. The number of azo groups is 1. The van der Waals surface area contributed by atoms with Crippen LogP contribution in [0.5, 0.6) is 5.88 Å². The van der Waals surface area contributed by atoms with Crippen LogP contribution in [0.4, 0.5) is 17.2 Å². The maximum atomic E-state index is 10.9. The predicted octanol–water partition coefficient (Wildman–Crippen LogP) is 3.67. The summed E-state index contributed by atoms with van der Waals surface area (Å²) in [5.74, 6) is -0.159. The third-order valence-electron chi connectivity index (χ3n) is 3.13. The molecule has 8 heteroatoms. The molecule has 110 valence electrons. The van der Waals surface area contributed by atoms with Crippen molar-refractivity contribution in [2.45, 2.75) is 6.92 Å². The van der Waals surface area contributed by atoms with Gasteiger partial charge in [0, 0.05) is 12.3 Å². The summed E-state index contributed by atoms with van der Waals surface area (Å²) < 4.78 is 1.57. The molecule has 0 aliphatic carbocycles. The van der Waals surface area contributed by atoms with E-state index in [1.54, 1.807) is 28.8 Å². The van der Waals surface area contributed by atoms with Crippen LogP contribution in [0.15, 0.2) is 52.8 Å². The monoisotopic (exact) mass is 297 g/mol. The number of imidazole rings is 1. The fraction of sp³-hybridized carbons (Fsp3) is 0.0714. The van der Waals surface area contributed by atoms with E-state index in [4.69, 9.17) is 0 Å². The third-order valence-corrected chi connectivity index (χ3v) is 3.13. The molecule has 1 N–H and O–H groups in total. The number of nitrogens with zero attached hydrogens (tertiary/aromatic N) is 5. The van der Waals surface area contributed by atoms with Crippen LogP contribution in [0.25, 0.3) is 5.65 Å². The normalized spacial score (nSPS) is 11.3. The number of para-hydroxylation sites is 1. The van der Waals surface area contributed by atoms with Crippen LogP contribution < -0.4 is 0 Å². The van der Waals surface area contributed by atoms with Crippen LogP contribution in [0, 0.1) is 17.0 Å². The highest BCUT2D eigenvalue weighted by Gasteiger charge is 2.14. The van der Waals surface area contributed by atoms with Crippen LogP contribution >= 0.6 is 0 Å². The summed E-state index contributed by atoms with van der Waals surface area (Å²) in [5.41, 5.74) is 1.37. The molecule has 0 fully saturated rings. The number of benzene rings is 1. The number of aromatic hydroxyl groups is 1. The first-order valence-electron chi connectivity index (χ1n) is 6.39. The molecular weight excluding hydrogens is 286 g/mol. The molecule has 0 amide bonds. The summed E-state index contributed by atoms with van der Waals surface area (Å²) >= 11 is 0. The number of rotatable bonds is 3. The zero-order chi connectivity index (χ0) is 15.7. The van der Waals surface area contributed by atoms with Crippen molar-refractivity contribution in [2.75, 3.05) is 0 Å². The fourth-order valence-electron chi connectivity index (χ4n) is 2.08. The Morgan fingerprint density at radius 2 is 2.00 bits per heavy atom. The number of fused-ring (bicyclic) bond motifs is 1. The lowest BCUT2D eigenvalue weighted by Crippen LogP contribution is -1.87. The van der Waals surface area contributed by atoms with Gasteiger partial charge in [0.15, 0.2) is 5.69 Å². The molecule has 0 saturated heterocycles. The summed E-state index contributed by atoms with van der Waals surface area (Å²) in [4.78, 5) is 14.4. The Morgan fingerprint density at radius 1 is 1.23 bits per heavy atom. The summed E-state index contributed by atoms with van der Waals surface area (Å²) in [6, 6.07) is 9.63. The van der Waals surface area contributed by atoms with Crippen LogP contribution in [0.1, 0.15) is 5.56 Å². The van der Waals surface area contributed by atoms with Gasteiger partial charge in [-0.25, -0.2) is 0 Å². The van der Waals surface area contributed by atoms with Crippen molar-refractivity contribution in [1.82, 2.24) is 9.38 Å². The molecule has 2 aromatic heterocycles. The molecule has 0 saturated carbocycles. The van der Waals surface area contributed by atoms with Crippen molar-refractivity contribution in [2.24, 2.45) is 10.2 Å². The minimum atomic E-state index is -0.535. The van der Waals surface area contributed by atoms with Crippen LogP contribution in [0.3, 0.4) is 0 Å². The maximum Gasteiger partial charge on any atom is 0.296 e. The molecule has 0 radical (unpaired) electrons. The molecule has 0 atom stereocenters. The molecule has 3 rings (SSSR count). The summed E-state index contributed by atoms with van der Waals surface area (Å²) in [7, 11) is 0. The van der Waals surface area contributed by atoms with E-state index in [2.05, 4.69) is 15.2 Å². The molecule has 2 heterocycles. The molecule has 8 nitrogen and oxygen atoms in total. The topological polar surface area (TPSA) is 105 Å². The lowest BCUT2D eigenvalue weighted by atomic mass is 10.3. The molecule has 0 spiro atoms. The van der Waals surface area contributed by atoms with Crippen LogP contribution in [-0.2, 0) is 0 Å². The second-order valence-electron chi connectivity index (χ2n) is 4.59. The molecule has 0 aliphatic rings. The molecule has 22 heavy (non-hydrogen) atoms. The predicted molar refractivity (Wildman–Crippen MR) is 78.9 cm³/mol. The Kier molecular flexibility index (Phi) is 3.26. The Labute approximate surface area is 124 Å². The Morgan fingerprint density at radius 3 is 2.77 bits per heavy atom. The van der Waals surface area contributed by atoms with E-state index in [9.17, 15) is 15.2 Å². The Hall–Kier alpha value is -3.29. The maximum absolute atomic E-state index is 10.9. The standard InChI is InChI=1S/C14H11N5O3/c1-9-5-4-8-18-12(9)15-14(20)13(18)17-16-10-6-2-3-7-11(10)19(21)22/h2-8,20H,1H3. The van der Waals surface area contributed by atoms with E-state index in [0.717, 1.165) is 5.56 Å². The lowest BCUT2D eigenvalue weighted by Gasteiger charge is -1.98. The highest BCUT2D eigenvalue weighted by atomic mass is 16.6. The van der Waals surface area contributed by atoms with Gasteiger partial charge in [0.05, 0.1) is 4.92 Å². The van der Waals surface area contributed by atoms with Gasteiger partial charge in [-0.05, 0) is 24.6 Å². The van der Waals surface area contributed by atoms with Crippen LogP contribution in [-0.4, -0.2) is 19.4 Å². The van der Waals surface area contributed by atoms with Gasteiger partial charge in [-0.2, -0.15) is 4.98 Å². The van der Waals surface area contributed by atoms with Gasteiger partial charge in [-0.15, -0.1) is 10.2 Å². The highest BCUT2D eigenvalue weighted by Crippen LogP contribution is 2.32. The quantitative estimate of drug-likeness (QED) is 0.452. The fourth-order valence-corrected chi connectivity index (χ4v) is 2.08. The van der Waals surface area contributed by atoms with Crippen molar-refractivity contribution >= 4 is 22.8 Å². The smallest absolute Gasteiger partial charge is 0.296 e. The summed E-state index contributed by atoms with van der Waals surface area (Å²) in [6.45, 7) is 1.85. The molecular formula is C14H11N5O3. The first-order chi connectivity index (χ1) is 10.6. The largest absolute Gasteiger partial charge is 0.491 e. The van der Waals surface area contributed by atoms with Crippen molar-refractivity contribution < 1.29 is 10.0 Å². The second-order valence-corrected chi connectivity index (χ2v) is 4.59. The van der Waals surface area contributed by atoms with Crippen molar-refractivity contribution in [3.63, 3.8) is 0 Å². The molecule has 1 aromatic carbocycles. The highest BCUT2D eigenvalue weighted by molar-refractivity contribution is 5.60. The molecule has 0 aliphatic heterocycles. The van der Waals surface area contributed by atoms with E-state index < -0.39 is 4.92 Å². The average molecular weight is 297 g/mol. The zero-order valence-electron chi connectivity index (χ0n) is 11.5. The van der Waals surface area contributed by atoms with E-state index in [1.807, 2.05) is 13.0 Å². The minimum absolute atomic E-state index is 0.106. The lowest BCUT2D eigenvalue weighted by molar-refractivity contribution is -0.384. The van der Waals surface area contributed by atoms with Crippen molar-refractivity contribution in [3.8, 4) is 5.88 Å². The number of aryl methyl sites for hydroxylation is 1. The van der Waals surface area contributed by atoms with Crippen molar-refractivity contribution in [1.29, 1.82) is 0 Å². The number of pyridine rings is 1. The molecule has 0 bridgehead atoms. The summed E-state index contributed by atoms with van der Waals surface area (Å²) in [6.07, 6.45) is 1.68. The van der Waals surface area contributed by atoms with E-state index >= 15 is 0 Å². The molecule has 0 unspecified atom stereocenters.